The summed E-state index contributed by atoms with van der Waals surface area (Å²) in [4.78, 5) is 6.08. The fourth-order valence-electron chi connectivity index (χ4n) is 1.77. The van der Waals surface area contributed by atoms with Crippen molar-refractivity contribution >= 4 is 32.5 Å². The molecular formula is C14H10FNO2S3. The molecule has 0 amide bonds. The third-order valence-corrected chi connectivity index (χ3v) is 6.93. The average Bonchev–Trinajstić information content (AvgIpc) is 3.07. The molecule has 0 saturated carbocycles. The summed E-state index contributed by atoms with van der Waals surface area (Å²) in [6.45, 7) is 0. The fourth-order valence-corrected chi connectivity index (χ4v) is 4.69. The van der Waals surface area contributed by atoms with Crippen LogP contribution in [0, 0.1) is 5.82 Å². The Morgan fingerprint density at radius 2 is 1.71 bits per heavy atom. The Kier molecular flexibility index (Phi) is 3.64. The molecule has 0 aliphatic rings. The summed E-state index contributed by atoms with van der Waals surface area (Å²) >= 11 is 2.68. The average molecular weight is 339 g/mol. The molecule has 2 aromatic heterocycles. The third kappa shape index (κ3) is 3.04. The van der Waals surface area contributed by atoms with Crippen molar-refractivity contribution in [3.05, 3.63) is 48.4 Å². The van der Waals surface area contributed by atoms with Crippen molar-refractivity contribution < 1.29 is 12.8 Å². The standard InChI is InChI=1S/C14H10FNO2S3/c1-21(17,18)13-7-6-11(19-13)12-8-16-14(20-12)9-2-4-10(15)5-3-9/h2-8H,1H3. The van der Waals surface area contributed by atoms with Crippen LogP contribution in [-0.2, 0) is 9.84 Å². The van der Waals surface area contributed by atoms with Gasteiger partial charge in [-0.25, -0.2) is 17.8 Å². The summed E-state index contributed by atoms with van der Waals surface area (Å²) in [5.41, 5.74) is 0.840. The van der Waals surface area contributed by atoms with E-state index in [0.29, 0.717) is 4.21 Å². The molecule has 0 atom stereocenters. The van der Waals surface area contributed by atoms with Gasteiger partial charge in [0.1, 0.15) is 15.0 Å². The van der Waals surface area contributed by atoms with Crippen molar-refractivity contribution in [2.45, 2.75) is 4.21 Å². The normalized spacial score (nSPS) is 11.7. The van der Waals surface area contributed by atoms with Crippen LogP contribution in [0.1, 0.15) is 0 Å². The van der Waals surface area contributed by atoms with Gasteiger partial charge in [-0.2, -0.15) is 0 Å². The van der Waals surface area contributed by atoms with Crippen molar-refractivity contribution in [3.63, 3.8) is 0 Å². The number of halogens is 1. The van der Waals surface area contributed by atoms with E-state index in [2.05, 4.69) is 4.98 Å². The maximum Gasteiger partial charge on any atom is 0.184 e. The molecule has 0 radical (unpaired) electrons. The number of sulfone groups is 1. The highest BCUT2D eigenvalue weighted by Crippen LogP contribution is 2.36. The van der Waals surface area contributed by atoms with Gasteiger partial charge in [0.05, 0.1) is 4.88 Å². The largest absolute Gasteiger partial charge is 0.244 e. The van der Waals surface area contributed by atoms with Gasteiger partial charge in [0.25, 0.3) is 0 Å². The van der Waals surface area contributed by atoms with E-state index in [1.54, 1.807) is 30.5 Å². The molecule has 7 heteroatoms. The summed E-state index contributed by atoms with van der Waals surface area (Å²) in [6, 6.07) is 9.52. The van der Waals surface area contributed by atoms with Crippen LogP contribution in [-0.4, -0.2) is 19.7 Å². The monoisotopic (exact) mass is 339 g/mol. The van der Waals surface area contributed by atoms with E-state index in [1.807, 2.05) is 0 Å². The number of thiophene rings is 1. The summed E-state index contributed by atoms with van der Waals surface area (Å²) < 4.78 is 36.3. The van der Waals surface area contributed by atoms with Crippen LogP contribution in [0.4, 0.5) is 4.39 Å². The number of thiazole rings is 1. The minimum atomic E-state index is -3.18. The maximum absolute atomic E-state index is 12.9. The predicted octanol–water partition coefficient (Wildman–Crippen LogP) is 4.08. The quantitative estimate of drug-likeness (QED) is 0.722. The van der Waals surface area contributed by atoms with Gasteiger partial charge >= 0.3 is 0 Å². The Hall–Kier alpha value is -1.57. The van der Waals surface area contributed by atoms with Crippen LogP contribution in [0.15, 0.2) is 46.8 Å². The highest BCUT2D eigenvalue weighted by atomic mass is 32.2. The molecule has 1 aromatic carbocycles. The SMILES string of the molecule is CS(=O)(=O)c1ccc(-c2cnc(-c3ccc(F)cc3)s2)s1. The van der Waals surface area contributed by atoms with Gasteiger partial charge in [-0.1, -0.05) is 0 Å². The second-order valence-corrected chi connectivity index (χ2v) is 8.78. The summed E-state index contributed by atoms with van der Waals surface area (Å²) in [6.07, 6.45) is 2.90. The number of benzene rings is 1. The van der Waals surface area contributed by atoms with Crippen molar-refractivity contribution in [2.75, 3.05) is 6.26 Å². The molecule has 108 valence electrons. The van der Waals surface area contributed by atoms with E-state index in [0.717, 1.165) is 20.3 Å². The minimum absolute atomic E-state index is 0.286. The molecule has 3 aromatic rings. The van der Waals surface area contributed by atoms with Crippen LogP contribution in [0.5, 0.6) is 0 Å². The lowest BCUT2D eigenvalue weighted by atomic mass is 10.2. The Bertz CT molecular complexity index is 879. The first-order valence-corrected chi connectivity index (χ1v) is 9.48. The fraction of sp³-hybridized carbons (Fsp3) is 0.0714. The van der Waals surface area contributed by atoms with E-state index in [4.69, 9.17) is 0 Å². The van der Waals surface area contributed by atoms with E-state index in [-0.39, 0.29) is 5.82 Å². The molecule has 0 aliphatic carbocycles. The molecule has 0 N–H and O–H groups in total. The summed E-state index contributed by atoms with van der Waals surface area (Å²) in [5.74, 6) is -0.286. The van der Waals surface area contributed by atoms with Gasteiger partial charge in [-0.05, 0) is 36.4 Å². The van der Waals surface area contributed by atoms with E-state index >= 15 is 0 Å². The van der Waals surface area contributed by atoms with Crippen LogP contribution < -0.4 is 0 Å². The molecule has 0 aliphatic heterocycles. The number of hydrogen-bond acceptors (Lipinski definition) is 5. The van der Waals surface area contributed by atoms with Gasteiger partial charge < -0.3 is 0 Å². The number of hydrogen-bond donors (Lipinski definition) is 0. The Morgan fingerprint density at radius 1 is 1.00 bits per heavy atom. The van der Waals surface area contributed by atoms with E-state index in [1.165, 1.54) is 41.1 Å². The van der Waals surface area contributed by atoms with Crippen LogP contribution in [0.3, 0.4) is 0 Å². The van der Waals surface area contributed by atoms with Crippen molar-refractivity contribution in [1.82, 2.24) is 4.98 Å². The van der Waals surface area contributed by atoms with Crippen LogP contribution in [0.2, 0.25) is 0 Å². The minimum Gasteiger partial charge on any atom is -0.244 e. The molecule has 0 saturated heterocycles. The third-order valence-electron chi connectivity index (χ3n) is 2.79. The number of nitrogens with zero attached hydrogens (tertiary/aromatic N) is 1. The van der Waals surface area contributed by atoms with Crippen molar-refractivity contribution in [1.29, 1.82) is 0 Å². The molecule has 0 spiro atoms. The molecular weight excluding hydrogens is 329 g/mol. The van der Waals surface area contributed by atoms with E-state index in [9.17, 15) is 12.8 Å². The Balaban J connectivity index is 1.95. The molecule has 21 heavy (non-hydrogen) atoms. The molecule has 0 fully saturated rings. The van der Waals surface area contributed by atoms with Crippen molar-refractivity contribution in [3.8, 4) is 20.3 Å². The molecule has 2 heterocycles. The smallest absolute Gasteiger partial charge is 0.184 e. The second-order valence-electron chi connectivity index (χ2n) is 4.43. The van der Waals surface area contributed by atoms with Crippen molar-refractivity contribution in [2.24, 2.45) is 0 Å². The highest BCUT2D eigenvalue weighted by Gasteiger charge is 2.13. The zero-order valence-corrected chi connectivity index (χ0v) is 13.4. The molecule has 0 bridgehead atoms. The number of aromatic nitrogens is 1. The molecule has 3 nitrogen and oxygen atoms in total. The van der Waals surface area contributed by atoms with Gasteiger partial charge in [-0.3, -0.25) is 0 Å². The topological polar surface area (TPSA) is 47.0 Å². The predicted molar refractivity (Wildman–Crippen MR) is 83.9 cm³/mol. The summed E-state index contributed by atoms with van der Waals surface area (Å²) in [5, 5.41) is 0.777. The highest BCUT2D eigenvalue weighted by molar-refractivity contribution is 7.92. The maximum atomic E-state index is 12.9. The second kappa shape index (κ2) is 5.32. The first-order valence-electron chi connectivity index (χ1n) is 5.95. The van der Waals surface area contributed by atoms with Gasteiger partial charge in [-0.15, -0.1) is 22.7 Å². The summed E-state index contributed by atoms with van der Waals surface area (Å²) in [7, 11) is -3.18. The van der Waals surface area contributed by atoms with Gasteiger partial charge in [0.2, 0.25) is 0 Å². The lowest BCUT2D eigenvalue weighted by Crippen LogP contribution is -1.91. The van der Waals surface area contributed by atoms with Gasteiger partial charge in [0.15, 0.2) is 9.84 Å². The van der Waals surface area contributed by atoms with Gasteiger partial charge in [0, 0.05) is 22.9 Å². The zero-order chi connectivity index (χ0) is 15.0. The van der Waals surface area contributed by atoms with E-state index < -0.39 is 9.84 Å². The first kappa shape index (κ1) is 14.4. The lowest BCUT2D eigenvalue weighted by molar-refractivity contribution is 0.604. The zero-order valence-electron chi connectivity index (χ0n) is 10.9. The Labute approximate surface area is 129 Å². The molecule has 3 rings (SSSR count). The number of rotatable bonds is 3. The lowest BCUT2D eigenvalue weighted by Gasteiger charge is -1.94. The first-order chi connectivity index (χ1) is 9.93. The molecule has 0 unspecified atom stereocenters. The van der Waals surface area contributed by atoms with Crippen LogP contribution >= 0.6 is 22.7 Å². The Morgan fingerprint density at radius 3 is 2.33 bits per heavy atom. The van der Waals surface area contributed by atoms with Crippen LogP contribution in [0.25, 0.3) is 20.3 Å².